The van der Waals surface area contributed by atoms with Crippen LogP contribution in [0.3, 0.4) is 0 Å². The summed E-state index contributed by atoms with van der Waals surface area (Å²) in [5.41, 5.74) is 1.62. The zero-order valence-corrected chi connectivity index (χ0v) is 20.1. The Kier molecular flexibility index (Phi) is 9.82. The SMILES string of the molecule is C[C@H](NC(=O)[C@H](CO)NC(=O)[C@@H]1CCCN1C(=O)OCc1ccccc1)C(=O)OCc1ccccc1. The first-order valence-electron chi connectivity index (χ1n) is 11.8. The number of hydrogen-bond acceptors (Lipinski definition) is 7. The van der Waals surface area contributed by atoms with Crippen LogP contribution in [0.25, 0.3) is 0 Å². The summed E-state index contributed by atoms with van der Waals surface area (Å²) in [6.45, 7) is 1.23. The molecule has 1 aliphatic rings. The van der Waals surface area contributed by atoms with Crippen molar-refractivity contribution in [2.45, 2.75) is 51.1 Å². The third kappa shape index (κ3) is 7.54. The van der Waals surface area contributed by atoms with Crippen molar-refractivity contribution in [3.05, 3.63) is 71.8 Å². The van der Waals surface area contributed by atoms with E-state index in [1.807, 2.05) is 48.5 Å². The molecule has 1 aliphatic heterocycles. The average Bonchev–Trinajstić information content (AvgIpc) is 3.40. The third-order valence-corrected chi connectivity index (χ3v) is 5.75. The van der Waals surface area contributed by atoms with Gasteiger partial charge in [-0.25, -0.2) is 9.59 Å². The molecule has 10 nitrogen and oxygen atoms in total. The first-order valence-corrected chi connectivity index (χ1v) is 11.8. The van der Waals surface area contributed by atoms with Crippen molar-refractivity contribution >= 4 is 23.9 Å². The van der Waals surface area contributed by atoms with Gasteiger partial charge in [0, 0.05) is 6.54 Å². The fraction of sp³-hybridized carbons (Fsp3) is 0.385. The number of nitrogens with one attached hydrogen (secondary N) is 2. The minimum absolute atomic E-state index is 0.0535. The topological polar surface area (TPSA) is 134 Å². The van der Waals surface area contributed by atoms with E-state index in [-0.39, 0.29) is 13.2 Å². The van der Waals surface area contributed by atoms with Crippen molar-refractivity contribution in [2.75, 3.05) is 13.2 Å². The lowest BCUT2D eigenvalue weighted by molar-refractivity contribution is -0.149. The van der Waals surface area contributed by atoms with Crippen LogP contribution in [0.2, 0.25) is 0 Å². The van der Waals surface area contributed by atoms with Gasteiger partial charge in [-0.05, 0) is 30.9 Å². The third-order valence-electron chi connectivity index (χ3n) is 5.75. The summed E-state index contributed by atoms with van der Waals surface area (Å²) in [5.74, 6) is -1.98. The quantitative estimate of drug-likeness (QED) is 0.424. The molecule has 0 unspecified atom stereocenters. The van der Waals surface area contributed by atoms with Gasteiger partial charge in [0.05, 0.1) is 6.61 Å². The normalized spacial score (nSPS) is 16.5. The highest BCUT2D eigenvalue weighted by molar-refractivity contribution is 5.93. The van der Waals surface area contributed by atoms with Crippen molar-refractivity contribution in [1.82, 2.24) is 15.5 Å². The van der Waals surface area contributed by atoms with Crippen LogP contribution in [0.5, 0.6) is 0 Å². The number of esters is 1. The monoisotopic (exact) mass is 497 g/mol. The van der Waals surface area contributed by atoms with Gasteiger partial charge in [0.25, 0.3) is 0 Å². The van der Waals surface area contributed by atoms with Gasteiger partial charge in [-0.3, -0.25) is 14.5 Å². The smallest absolute Gasteiger partial charge is 0.410 e. The van der Waals surface area contributed by atoms with Gasteiger partial charge >= 0.3 is 12.1 Å². The molecular formula is C26H31N3O7. The van der Waals surface area contributed by atoms with Crippen molar-refractivity contribution in [2.24, 2.45) is 0 Å². The molecule has 0 radical (unpaired) electrons. The van der Waals surface area contributed by atoms with Crippen LogP contribution in [0.1, 0.15) is 30.9 Å². The maximum Gasteiger partial charge on any atom is 0.410 e. The maximum absolute atomic E-state index is 12.8. The number of aliphatic hydroxyl groups is 1. The molecule has 2 aromatic carbocycles. The fourth-order valence-corrected chi connectivity index (χ4v) is 3.75. The molecule has 1 heterocycles. The second kappa shape index (κ2) is 13.2. The standard InChI is InChI=1S/C26H31N3O7/c1-18(25(33)35-16-19-9-4-2-5-10-19)27-23(31)21(15-30)28-24(32)22-13-8-14-29(22)26(34)36-17-20-11-6-3-7-12-20/h2-7,9-12,18,21-22,30H,8,13-17H2,1H3,(H,27,31)(H,28,32)/t18-,21-,22-/m0/s1. The molecule has 36 heavy (non-hydrogen) atoms. The lowest BCUT2D eigenvalue weighted by atomic mass is 10.1. The molecule has 3 amide bonds. The summed E-state index contributed by atoms with van der Waals surface area (Å²) in [7, 11) is 0. The lowest BCUT2D eigenvalue weighted by Crippen LogP contribution is -2.56. The Morgan fingerprint density at radius 1 is 0.944 bits per heavy atom. The first kappa shape index (κ1) is 26.7. The Hall–Kier alpha value is -3.92. The van der Waals surface area contributed by atoms with Gasteiger partial charge in [-0.2, -0.15) is 0 Å². The number of hydrogen-bond donors (Lipinski definition) is 3. The van der Waals surface area contributed by atoms with Crippen molar-refractivity contribution < 1.29 is 33.8 Å². The minimum atomic E-state index is -1.30. The van der Waals surface area contributed by atoms with E-state index < -0.39 is 48.6 Å². The van der Waals surface area contributed by atoms with Gasteiger partial charge < -0.3 is 25.2 Å². The Bertz CT molecular complexity index is 1030. The van der Waals surface area contributed by atoms with Crippen LogP contribution in [0, 0.1) is 0 Å². The Labute approximate surface area is 209 Å². The zero-order chi connectivity index (χ0) is 25.9. The van der Waals surface area contributed by atoms with E-state index in [0.717, 1.165) is 11.1 Å². The Morgan fingerprint density at radius 3 is 2.11 bits per heavy atom. The molecule has 192 valence electrons. The molecule has 1 saturated heterocycles. The van der Waals surface area contributed by atoms with Crippen LogP contribution in [0.4, 0.5) is 4.79 Å². The molecule has 3 atom stereocenters. The van der Waals surface area contributed by atoms with E-state index in [0.29, 0.717) is 19.4 Å². The van der Waals surface area contributed by atoms with Gasteiger partial charge in [-0.15, -0.1) is 0 Å². The molecule has 0 spiro atoms. The van der Waals surface area contributed by atoms with E-state index in [9.17, 15) is 24.3 Å². The Morgan fingerprint density at radius 2 is 1.53 bits per heavy atom. The second-order valence-electron chi connectivity index (χ2n) is 8.46. The average molecular weight is 498 g/mol. The fourth-order valence-electron chi connectivity index (χ4n) is 3.75. The summed E-state index contributed by atoms with van der Waals surface area (Å²) in [6, 6.07) is 15.1. The number of carbonyl (C=O) groups is 4. The first-order chi connectivity index (χ1) is 17.4. The molecule has 0 saturated carbocycles. The van der Waals surface area contributed by atoms with E-state index in [1.165, 1.54) is 11.8 Å². The predicted molar refractivity (Wildman–Crippen MR) is 129 cm³/mol. The number of rotatable bonds is 10. The molecule has 3 N–H and O–H groups in total. The van der Waals surface area contributed by atoms with E-state index in [4.69, 9.17) is 9.47 Å². The van der Waals surface area contributed by atoms with Gasteiger partial charge in [0.2, 0.25) is 11.8 Å². The molecule has 0 aliphatic carbocycles. The summed E-state index contributed by atoms with van der Waals surface area (Å²) in [5, 5.41) is 14.6. The van der Waals surface area contributed by atoms with Crippen molar-refractivity contribution in [3.8, 4) is 0 Å². The van der Waals surface area contributed by atoms with E-state index in [2.05, 4.69) is 10.6 Å². The predicted octanol–water partition coefficient (Wildman–Crippen LogP) is 1.51. The lowest BCUT2D eigenvalue weighted by Gasteiger charge is -2.25. The minimum Gasteiger partial charge on any atom is -0.459 e. The summed E-state index contributed by atoms with van der Waals surface area (Å²) >= 11 is 0. The maximum atomic E-state index is 12.8. The van der Waals surface area contributed by atoms with Crippen molar-refractivity contribution in [3.63, 3.8) is 0 Å². The van der Waals surface area contributed by atoms with E-state index >= 15 is 0 Å². The molecule has 2 aromatic rings. The largest absolute Gasteiger partial charge is 0.459 e. The summed E-state index contributed by atoms with van der Waals surface area (Å²) in [6.07, 6.45) is 0.365. The number of benzene rings is 2. The van der Waals surface area contributed by atoms with Gasteiger partial charge in [0.1, 0.15) is 31.3 Å². The number of ether oxygens (including phenoxy) is 2. The number of likely N-dealkylation sites (tertiary alicyclic amines) is 1. The van der Waals surface area contributed by atoms with Crippen LogP contribution in [-0.4, -0.2) is 65.2 Å². The van der Waals surface area contributed by atoms with Gasteiger partial charge in [0.15, 0.2) is 0 Å². The van der Waals surface area contributed by atoms with Gasteiger partial charge in [-0.1, -0.05) is 60.7 Å². The Balaban J connectivity index is 1.48. The van der Waals surface area contributed by atoms with Crippen molar-refractivity contribution in [1.29, 1.82) is 0 Å². The molecule has 3 rings (SSSR count). The van der Waals surface area contributed by atoms with Crippen LogP contribution >= 0.6 is 0 Å². The number of amides is 3. The van der Waals surface area contributed by atoms with E-state index in [1.54, 1.807) is 12.1 Å². The summed E-state index contributed by atoms with van der Waals surface area (Å²) < 4.78 is 10.5. The molecule has 0 bridgehead atoms. The van der Waals surface area contributed by atoms with Crippen LogP contribution in [-0.2, 0) is 37.1 Å². The highest BCUT2D eigenvalue weighted by Crippen LogP contribution is 2.19. The zero-order valence-electron chi connectivity index (χ0n) is 20.1. The molecular weight excluding hydrogens is 466 g/mol. The number of carbonyl (C=O) groups excluding carboxylic acids is 4. The highest BCUT2D eigenvalue weighted by Gasteiger charge is 2.37. The molecule has 1 fully saturated rings. The number of nitrogens with zero attached hydrogens (tertiary/aromatic N) is 1. The molecule has 10 heteroatoms. The molecule has 0 aromatic heterocycles. The van der Waals surface area contributed by atoms with Crippen LogP contribution in [0.15, 0.2) is 60.7 Å². The highest BCUT2D eigenvalue weighted by atomic mass is 16.6. The summed E-state index contributed by atoms with van der Waals surface area (Å²) in [4.78, 5) is 51.5. The second-order valence-corrected chi connectivity index (χ2v) is 8.46. The number of aliphatic hydroxyl groups excluding tert-OH is 1. The van der Waals surface area contributed by atoms with Crippen LogP contribution < -0.4 is 10.6 Å².